The lowest BCUT2D eigenvalue weighted by molar-refractivity contribution is -0.319. The summed E-state index contributed by atoms with van der Waals surface area (Å²) >= 11 is 0. The predicted octanol–water partition coefficient (Wildman–Crippen LogP) is 6.67. The molecule has 7 rings (SSSR count). The Kier molecular flexibility index (Phi) is 14.7. The molecular weight excluding hydrogens is 767 g/mol. The standard InChI is InChI=1S/C48H51NO11/c1-32-41(36-22-13-6-14-23-36)60-48(53)49(32)46(52)38(28-33-16-7-3-8-17-33)42-39(51)26-25-37(58-42)24-15-27-55-45-44(57-31-35-20-11-5-12-21-35)43(40(29-50)59-47(45)54-2)56-30-34-18-9-4-10-19-34/h3-14,16-26,32,38,40-45,47,50H,15,27-31H2,1-2H3/t32-,38-,40+,41-,42-,43+,44-,45-,47-/m0/s1. The van der Waals surface area contributed by atoms with Crippen LogP contribution in [0.4, 0.5) is 4.79 Å². The highest BCUT2D eigenvalue weighted by atomic mass is 16.7. The van der Waals surface area contributed by atoms with E-state index in [1.807, 2.05) is 121 Å². The van der Waals surface area contributed by atoms with Crippen LogP contribution in [0.15, 0.2) is 145 Å². The van der Waals surface area contributed by atoms with Crippen LogP contribution in [0.3, 0.4) is 0 Å². The molecule has 0 radical (unpaired) electrons. The smallest absolute Gasteiger partial charge is 0.417 e. The van der Waals surface area contributed by atoms with Crippen LogP contribution < -0.4 is 0 Å². The van der Waals surface area contributed by atoms with Crippen molar-refractivity contribution in [2.75, 3.05) is 20.3 Å². The molecular formula is C48H51NO11. The number of hydrogen-bond donors (Lipinski definition) is 1. The number of cyclic esters (lactones) is 1. The average Bonchev–Trinajstić information content (AvgIpc) is 3.59. The summed E-state index contributed by atoms with van der Waals surface area (Å²) in [5, 5.41) is 10.4. The third kappa shape index (κ3) is 10.3. The van der Waals surface area contributed by atoms with Gasteiger partial charge in [-0.1, -0.05) is 121 Å². The van der Waals surface area contributed by atoms with Crippen LogP contribution >= 0.6 is 0 Å². The highest BCUT2D eigenvalue weighted by molar-refractivity contribution is 6.02. The van der Waals surface area contributed by atoms with Crippen molar-refractivity contribution in [3.05, 3.63) is 168 Å². The van der Waals surface area contributed by atoms with Gasteiger partial charge in [0.05, 0.1) is 38.4 Å². The maximum atomic E-state index is 14.4. The second kappa shape index (κ2) is 20.7. The van der Waals surface area contributed by atoms with Gasteiger partial charge in [0, 0.05) is 7.11 Å². The molecule has 4 aromatic carbocycles. The van der Waals surface area contributed by atoms with Crippen LogP contribution in [0, 0.1) is 5.92 Å². The number of allylic oxidation sites excluding steroid dienone is 1. The summed E-state index contributed by atoms with van der Waals surface area (Å²) in [6.07, 6.45) is -1.19. The van der Waals surface area contributed by atoms with Crippen LogP contribution in [0.1, 0.15) is 41.7 Å². The van der Waals surface area contributed by atoms with Crippen molar-refractivity contribution in [3.63, 3.8) is 0 Å². The van der Waals surface area contributed by atoms with E-state index in [0.29, 0.717) is 12.2 Å². The second-order valence-corrected chi connectivity index (χ2v) is 14.9. The molecule has 3 aliphatic rings. The summed E-state index contributed by atoms with van der Waals surface area (Å²) in [5.41, 5.74) is 3.47. The van der Waals surface area contributed by atoms with Gasteiger partial charge < -0.3 is 38.3 Å². The van der Waals surface area contributed by atoms with Crippen molar-refractivity contribution >= 4 is 17.8 Å². The minimum atomic E-state index is -1.20. The molecule has 12 nitrogen and oxygen atoms in total. The molecule has 314 valence electrons. The summed E-state index contributed by atoms with van der Waals surface area (Å²) in [4.78, 5) is 42.4. The third-order valence-electron chi connectivity index (χ3n) is 10.9. The first-order chi connectivity index (χ1) is 29.3. The van der Waals surface area contributed by atoms with Crippen molar-refractivity contribution in [2.24, 2.45) is 5.92 Å². The number of aliphatic hydroxyl groups excluding tert-OH is 1. The Morgan fingerprint density at radius 2 is 1.33 bits per heavy atom. The molecule has 2 amide bonds. The van der Waals surface area contributed by atoms with Gasteiger partial charge in [-0.3, -0.25) is 9.59 Å². The van der Waals surface area contributed by atoms with Gasteiger partial charge in [-0.2, -0.15) is 0 Å². The number of methoxy groups -OCH3 is 1. The SMILES string of the molecule is CO[C@H]1O[C@H](CO)[C@@H](OCc2ccccc2)[C@H](OCc2ccccc2)[C@@H]1OCCC=C1C=CC(=O)[C@H]([C@H](Cc2ccccc2)C(=O)N2C(=O)O[C@H](c3ccccc3)[C@@H]2C)O1. The summed E-state index contributed by atoms with van der Waals surface area (Å²) in [7, 11) is 1.51. The van der Waals surface area contributed by atoms with E-state index in [0.717, 1.165) is 27.2 Å². The Morgan fingerprint density at radius 1 is 0.750 bits per heavy atom. The van der Waals surface area contributed by atoms with E-state index >= 15 is 0 Å². The molecule has 0 saturated carbocycles. The quantitative estimate of drug-likeness (QED) is 0.114. The zero-order chi connectivity index (χ0) is 41.8. The summed E-state index contributed by atoms with van der Waals surface area (Å²) in [6.45, 7) is 2.12. The zero-order valence-electron chi connectivity index (χ0n) is 33.7. The first-order valence-corrected chi connectivity index (χ1v) is 20.3. The molecule has 0 bridgehead atoms. The number of carbonyl (C=O) groups excluding carboxylic acids is 3. The van der Waals surface area contributed by atoms with Gasteiger partial charge in [0.25, 0.3) is 0 Å². The van der Waals surface area contributed by atoms with Crippen molar-refractivity contribution in [3.8, 4) is 0 Å². The lowest BCUT2D eigenvalue weighted by Crippen LogP contribution is -2.61. The molecule has 60 heavy (non-hydrogen) atoms. The number of rotatable bonds is 17. The lowest BCUT2D eigenvalue weighted by atomic mass is 9.88. The lowest BCUT2D eigenvalue weighted by Gasteiger charge is -2.45. The number of ether oxygens (including phenoxy) is 7. The Labute approximate surface area is 350 Å². The highest BCUT2D eigenvalue weighted by Crippen LogP contribution is 2.36. The number of hydrogen-bond acceptors (Lipinski definition) is 11. The number of amides is 2. The van der Waals surface area contributed by atoms with Gasteiger partial charge >= 0.3 is 6.09 Å². The fourth-order valence-corrected chi connectivity index (χ4v) is 7.84. The summed E-state index contributed by atoms with van der Waals surface area (Å²) in [5.74, 6) is -1.61. The van der Waals surface area contributed by atoms with Gasteiger partial charge in [0.15, 0.2) is 18.2 Å². The molecule has 3 aliphatic heterocycles. The molecule has 0 aliphatic carbocycles. The van der Waals surface area contributed by atoms with E-state index in [-0.39, 0.29) is 32.8 Å². The highest BCUT2D eigenvalue weighted by Gasteiger charge is 2.50. The normalized spacial score (nSPS) is 26.4. The zero-order valence-corrected chi connectivity index (χ0v) is 33.7. The van der Waals surface area contributed by atoms with E-state index in [2.05, 4.69) is 0 Å². The minimum absolute atomic E-state index is 0.152. The van der Waals surface area contributed by atoms with Crippen LogP contribution in [-0.4, -0.2) is 91.0 Å². The van der Waals surface area contributed by atoms with Crippen LogP contribution in [0.2, 0.25) is 0 Å². The molecule has 1 N–H and O–H groups in total. The topological polar surface area (TPSA) is 139 Å². The molecule has 2 saturated heterocycles. The Bertz CT molecular complexity index is 2060. The minimum Gasteiger partial charge on any atom is -0.482 e. The van der Waals surface area contributed by atoms with Crippen molar-refractivity contribution in [1.82, 2.24) is 4.90 Å². The average molecular weight is 818 g/mol. The molecule has 9 atom stereocenters. The molecule has 12 heteroatoms. The Morgan fingerprint density at radius 3 is 1.93 bits per heavy atom. The van der Waals surface area contributed by atoms with E-state index in [4.69, 9.17) is 33.2 Å². The number of benzene rings is 4. The largest absolute Gasteiger partial charge is 0.482 e. The van der Waals surface area contributed by atoms with Gasteiger partial charge in [0.2, 0.25) is 5.91 Å². The maximum absolute atomic E-state index is 14.4. The van der Waals surface area contributed by atoms with Gasteiger partial charge in [-0.05, 0) is 60.2 Å². The first-order valence-electron chi connectivity index (χ1n) is 20.3. The van der Waals surface area contributed by atoms with E-state index in [1.54, 1.807) is 19.1 Å². The Balaban J connectivity index is 1.07. The fraction of sp³-hybridized carbons (Fsp3) is 0.354. The van der Waals surface area contributed by atoms with Crippen LogP contribution in [0.5, 0.6) is 0 Å². The third-order valence-corrected chi connectivity index (χ3v) is 10.9. The number of carbonyl (C=O) groups is 3. The van der Waals surface area contributed by atoms with Gasteiger partial charge in [0.1, 0.15) is 36.3 Å². The predicted molar refractivity (Wildman–Crippen MR) is 220 cm³/mol. The Hall–Kier alpha value is -5.47. The fourth-order valence-electron chi connectivity index (χ4n) is 7.84. The van der Waals surface area contributed by atoms with Gasteiger partial charge in [-0.15, -0.1) is 0 Å². The number of ketones is 1. The van der Waals surface area contributed by atoms with Crippen molar-refractivity contribution < 1.29 is 52.6 Å². The molecule has 4 aromatic rings. The molecule has 0 spiro atoms. The van der Waals surface area contributed by atoms with E-state index in [1.165, 1.54) is 13.2 Å². The van der Waals surface area contributed by atoms with E-state index < -0.39 is 72.7 Å². The number of aliphatic hydroxyl groups is 1. The maximum Gasteiger partial charge on any atom is 0.417 e. The van der Waals surface area contributed by atoms with E-state index in [9.17, 15) is 19.5 Å². The molecule has 3 heterocycles. The summed E-state index contributed by atoms with van der Waals surface area (Å²) in [6, 6.07) is 37.4. The van der Waals surface area contributed by atoms with Gasteiger partial charge in [-0.25, -0.2) is 9.69 Å². The van der Waals surface area contributed by atoms with Crippen molar-refractivity contribution in [2.45, 2.75) is 81.9 Å². The second-order valence-electron chi connectivity index (χ2n) is 14.9. The first kappa shape index (κ1) is 42.6. The summed E-state index contributed by atoms with van der Waals surface area (Å²) < 4.78 is 43.3. The van der Waals surface area contributed by atoms with Crippen LogP contribution in [-0.2, 0) is 62.4 Å². The molecule has 2 fully saturated rings. The van der Waals surface area contributed by atoms with Crippen LogP contribution in [0.25, 0.3) is 0 Å². The molecule has 0 aromatic heterocycles. The molecule has 0 unspecified atom stereocenters. The van der Waals surface area contributed by atoms with Crippen molar-refractivity contribution in [1.29, 1.82) is 0 Å². The number of imide groups is 1. The monoisotopic (exact) mass is 817 g/mol. The number of nitrogens with zero attached hydrogens (tertiary/aromatic N) is 1.